The molecule has 134 valence electrons. The van der Waals surface area contributed by atoms with Crippen LogP contribution in [-0.4, -0.2) is 61.9 Å². The molecular weight excluding hydrogens is 338 g/mol. The average Bonchev–Trinajstić information content (AvgIpc) is 2.43. The Bertz CT molecular complexity index is 729. The second kappa shape index (κ2) is 5.96. The van der Waals surface area contributed by atoms with Crippen molar-refractivity contribution in [2.45, 2.75) is 39.2 Å². The SMILES string of the molecule is CO[C@H]1C(=O)N2C(C(=O)C(C)(C)C)=C(COC(C)=O)CS(=O)(=O)[C@H]12. The van der Waals surface area contributed by atoms with Crippen molar-refractivity contribution >= 4 is 27.5 Å². The van der Waals surface area contributed by atoms with Crippen LogP contribution in [0, 0.1) is 5.41 Å². The number of methoxy groups -OCH3 is 1. The maximum atomic E-state index is 12.8. The number of rotatable bonds is 4. The molecule has 8 nitrogen and oxygen atoms in total. The maximum absolute atomic E-state index is 12.8. The summed E-state index contributed by atoms with van der Waals surface area (Å²) in [5.41, 5.74) is -0.716. The molecule has 1 saturated heterocycles. The Labute approximate surface area is 140 Å². The number of ketones is 1. The molecule has 0 aliphatic carbocycles. The first-order valence-corrected chi connectivity index (χ1v) is 9.11. The zero-order valence-corrected chi connectivity index (χ0v) is 15.1. The van der Waals surface area contributed by atoms with E-state index in [0.717, 1.165) is 4.90 Å². The number of allylic oxidation sites excluding steroid dienone is 1. The Morgan fingerprint density at radius 1 is 1.29 bits per heavy atom. The van der Waals surface area contributed by atoms with Gasteiger partial charge in [0.25, 0.3) is 5.91 Å². The number of esters is 1. The van der Waals surface area contributed by atoms with E-state index >= 15 is 0 Å². The number of fused-ring (bicyclic) bond motifs is 1. The number of hydrogen-bond acceptors (Lipinski definition) is 7. The lowest BCUT2D eigenvalue weighted by Crippen LogP contribution is -2.71. The van der Waals surface area contributed by atoms with Crippen LogP contribution in [0.15, 0.2) is 11.3 Å². The van der Waals surface area contributed by atoms with Crippen LogP contribution in [0.1, 0.15) is 27.7 Å². The van der Waals surface area contributed by atoms with Gasteiger partial charge in [-0.1, -0.05) is 20.8 Å². The Hall–Kier alpha value is -1.74. The first-order chi connectivity index (χ1) is 10.9. The highest BCUT2D eigenvalue weighted by Crippen LogP contribution is 2.40. The Kier molecular flexibility index (Phi) is 4.62. The number of Topliss-reactive ketones (excluding diaryl/α,β-unsaturated/α-hetero) is 1. The molecule has 0 aromatic carbocycles. The van der Waals surface area contributed by atoms with E-state index in [1.54, 1.807) is 20.8 Å². The number of hydrogen-bond donors (Lipinski definition) is 0. The topological polar surface area (TPSA) is 107 Å². The monoisotopic (exact) mass is 359 g/mol. The second-order valence-electron chi connectivity index (χ2n) is 6.87. The van der Waals surface area contributed by atoms with Crippen molar-refractivity contribution in [2.75, 3.05) is 19.5 Å². The fourth-order valence-corrected chi connectivity index (χ4v) is 4.74. The smallest absolute Gasteiger partial charge is 0.302 e. The summed E-state index contributed by atoms with van der Waals surface area (Å²) >= 11 is 0. The van der Waals surface area contributed by atoms with Gasteiger partial charge in [0, 0.05) is 25.0 Å². The van der Waals surface area contributed by atoms with Crippen LogP contribution in [-0.2, 0) is 33.7 Å². The third-order valence-corrected chi connectivity index (χ3v) is 5.86. The van der Waals surface area contributed by atoms with E-state index in [0.29, 0.717) is 0 Å². The van der Waals surface area contributed by atoms with Crippen LogP contribution < -0.4 is 0 Å². The van der Waals surface area contributed by atoms with E-state index in [4.69, 9.17) is 9.47 Å². The van der Waals surface area contributed by atoms with Crippen molar-refractivity contribution < 1.29 is 32.3 Å². The van der Waals surface area contributed by atoms with E-state index < -0.39 is 44.4 Å². The molecule has 0 unspecified atom stereocenters. The highest BCUT2D eigenvalue weighted by molar-refractivity contribution is 7.92. The van der Waals surface area contributed by atoms with E-state index in [1.165, 1.54) is 14.0 Å². The summed E-state index contributed by atoms with van der Waals surface area (Å²) in [5.74, 6) is -2.02. The van der Waals surface area contributed by atoms with Gasteiger partial charge in [0.2, 0.25) is 0 Å². The molecule has 0 aromatic heterocycles. The lowest BCUT2D eigenvalue weighted by molar-refractivity contribution is -0.161. The number of sulfone groups is 1. The highest BCUT2D eigenvalue weighted by atomic mass is 32.2. The van der Waals surface area contributed by atoms with E-state index in [1.807, 2.05) is 0 Å². The zero-order chi connectivity index (χ0) is 18.4. The molecule has 0 radical (unpaired) electrons. The van der Waals surface area contributed by atoms with Crippen molar-refractivity contribution in [2.24, 2.45) is 5.41 Å². The molecule has 24 heavy (non-hydrogen) atoms. The third-order valence-electron chi connectivity index (χ3n) is 3.91. The van der Waals surface area contributed by atoms with Crippen LogP contribution in [0.4, 0.5) is 0 Å². The molecule has 0 spiro atoms. The van der Waals surface area contributed by atoms with Gasteiger partial charge in [-0.3, -0.25) is 19.3 Å². The lowest BCUT2D eigenvalue weighted by atomic mass is 9.85. The van der Waals surface area contributed by atoms with Gasteiger partial charge >= 0.3 is 5.97 Å². The lowest BCUT2D eigenvalue weighted by Gasteiger charge is -2.49. The summed E-state index contributed by atoms with van der Waals surface area (Å²) in [6.45, 7) is 5.84. The number of ether oxygens (including phenoxy) is 2. The van der Waals surface area contributed by atoms with Crippen molar-refractivity contribution in [3.05, 3.63) is 11.3 Å². The predicted octanol–water partition coefficient (Wildman–Crippen LogP) is 0.0305. The fraction of sp³-hybridized carbons (Fsp3) is 0.667. The second-order valence-corrected chi connectivity index (χ2v) is 8.97. The largest absolute Gasteiger partial charge is 0.461 e. The van der Waals surface area contributed by atoms with Gasteiger partial charge in [0.05, 0.1) is 11.4 Å². The summed E-state index contributed by atoms with van der Waals surface area (Å²) in [7, 11) is -2.50. The molecule has 0 bridgehead atoms. The van der Waals surface area contributed by atoms with Crippen molar-refractivity contribution in [3.63, 3.8) is 0 Å². The van der Waals surface area contributed by atoms with Gasteiger partial charge < -0.3 is 9.47 Å². The molecule has 2 aliphatic heterocycles. The Morgan fingerprint density at radius 2 is 1.88 bits per heavy atom. The molecule has 2 heterocycles. The number of carbonyl (C=O) groups excluding carboxylic acids is 3. The quantitative estimate of drug-likeness (QED) is 0.515. The minimum absolute atomic E-state index is 0.00174. The summed E-state index contributed by atoms with van der Waals surface area (Å²) < 4.78 is 34.8. The molecule has 1 amide bonds. The van der Waals surface area contributed by atoms with Crippen molar-refractivity contribution in [1.29, 1.82) is 0 Å². The third kappa shape index (κ3) is 2.98. The minimum atomic E-state index is -3.75. The summed E-state index contributed by atoms with van der Waals surface area (Å²) in [4.78, 5) is 37.1. The van der Waals surface area contributed by atoms with E-state index in [2.05, 4.69) is 0 Å². The van der Waals surface area contributed by atoms with Gasteiger partial charge in [-0.05, 0) is 0 Å². The molecule has 9 heteroatoms. The number of β-lactam (4-membered cyclic amide) rings is 1. The molecule has 0 saturated carbocycles. The van der Waals surface area contributed by atoms with Crippen LogP contribution in [0.25, 0.3) is 0 Å². The van der Waals surface area contributed by atoms with E-state index in [-0.39, 0.29) is 23.7 Å². The molecule has 2 rings (SSSR count). The fourth-order valence-electron chi connectivity index (χ4n) is 2.73. The van der Waals surface area contributed by atoms with Gasteiger partial charge in [-0.15, -0.1) is 0 Å². The van der Waals surface area contributed by atoms with Crippen LogP contribution >= 0.6 is 0 Å². The predicted molar refractivity (Wildman–Crippen MR) is 83.3 cm³/mol. The molecule has 2 aliphatic rings. The van der Waals surface area contributed by atoms with Gasteiger partial charge in [0.1, 0.15) is 6.61 Å². The Morgan fingerprint density at radius 3 is 2.33 bits per heavy atom. The molecule has 1 fully saturated rings. The minimum Gasteiger partial charge on any atom is -0.461 e. The molecule has 0 N–H and O–H groups in total. The molecular formula is C15H21NO7S. The van der Waals surface area contributed by atoms with Crippen molar-refractivity contribution in [1.82, 2.24) is 4.90 Å². The summed E-state index contributed by atoms with van der Waals surface area (Å²) in [6, 6.07) is 0. The van der Waals surface area contributed by atoms with Gasteiger partial charge in [-0.25, -0.2) is 8.42 Å². The summed E-state index contributed by atoms with van der Waals surface area (Å²) in [6.07, 6.45) is -1.12. The van der Waals surface area contributed by atoms with Crippen LogP contribution in [0.3, 0.4) is 0 Å². The van der Waals surface area contributed by atoms with Crippen molar-refractivity contribution in [3.8, 4) is 0 Å². The Balaban J connectivity index is 2.56. The number of carbonyl (C=O) groups is 3. The number of amides is 1. The number of nitrogens with zero attached hydrogens (tertiary/aromatic N) is 1. The van der Waals surface area contributed by atoms with Crippen LogP contribution in [0.5, 0.6) is 0 Å². The standard InChI is InChI=1S/C15H21NO7S/c1-8(17)23-6-9-7-24(20,21)14-11(22-5)13(19)16(14)10(9)12(18)15(2,3)4/h11,14H,6-7H2,1-5H3/t11-,14+/m0/s1. The zero-order valence-electron chi connectivity index (χ0n) is 14.3. The average molecular weight is 359 g/mol. The normalized spacial score (nSPS) is 25.9. The first-order valence-electron chi connectivity index (χ1n) is 7.39. The van der Waals surface area contributed by atoms with Crippen LogP contribution in [0.2, 0.25) is 0 Å². The van der Waals surface area contributed by atoms with E-state index in [9.17, 15) is 22.8 Å². The highest BCUT2D eigenvalue weighted by Gasteiger charge is 2.60. The summed E-state index contributed by atoms with van der Waals surface area (Å²) in [5, 5.41) is -1.21. The first kappa shape index (κ1) is 18.6. The maximum Gasteiger partial charge on any atom is 0.302 e. The molecule has 2 atom stereocenters. The van der Waals surface area contributed by atoms with Gasteiger partial charge in [0.15, 0.2) is 27.1 Å². The van der Waals surface area contributed by atoms with Gasteiger partial charge in [-0.2, -0.15) is 0 Å². The molecule has 0 aromatic rings.